The number of anilines is 2. The van der Waals surface area contributed by atoms with Gasteiger partial charge in [0.25, 0.3) is 10.1 Å². The van der Waals surface area contributed by atoms with Crippen molar-refractivity contribution in [3.63, 3.8) is 0 Å². The van der Waals surface area contributed by atoms with Crippen LogP contribution in [0.5, 0.6) is 0 Å². The van der Waals surface area contributed by atoms with Gasteiger partial charge in [0.15, 0.2) is 0 Å². The monoisotopic (exact) mass is 324 g/mol. The summed E-state index contributed by atoms with van der Waals surface area (Å²) < 4.78 is 31.3. The molecule has 5 N–H and O–H groups in total. The van der Waals surface area contributed by atoms with Crippen LogP contribution in [0.4, 0.5) is 22.7 Å². The third-order valence-electron chi connectivity index (χ3n) is 2.56. The summed E-state index contributed by atoms with van der Waals surface area (Å²) in [6, 6.07) is 8.85. The third-order valence-corrected chi connectivity index (χ3v) is 3.75. The van der Waals surface area contributed by atoms with Gasteiger partial charge >= 0.3 is 0 Å². The molecular formula is C12H12N4O3S2. The smallest absolute Gasteiger partial charge is 0.296 e. The molecule has 0 bridgehead atoms. The zero-order chi connectivity index (χ0) is 15.6. The summed E-state index contributed by atoms with van der Waals surface area (Å²) in [5.74, 6) is 0. The van der Waals surface area contributed by atoms with E-state index >= 15 is 0 Å². The largest absolute Gasteiger partial charge is 0.398 e. The van der Waals surface area contributed by atoms with Crippen molar-refractivity contribution in [3.05, 3.63) is 36.4 Å². The lowest BCUT2D eigenvalue weighted by molar-refractivity contribution is 0.483. The van der Waals surface area contributed by atoms with E-state index in [0.29, 0.717) is 16.3 Å². The van der Waals surface area contributed by atoms with Crippen LogP contribution in [0.15, 0.2) is 56.4 Å². The van der Waals surface area contributed by atoms with Crippen molar-refractivity contribution >= 4 is 45.5 Å². The molecule has 0 fully saturated rings. The van der Waals surface area contributed by atoms with Crippen molar-refractivity contribution < 1.29 is 13.0 Å². The van der Waals surface area contributed by atoms with Crippen LogP contribution in [0.1, 0.15) is 0 Å². The molecule has 21 heavy (non-hydrogen) atoms. The van der Waals surface area contributed by atoms with Crippen molar-refractivity contribution in [1.82, 2.24) is 0 Å². The molecule has 0 amide bonds. The van der Waals surface area contributed by atoms with Gasteiger partial charge in [0.1, 0.15) is 10.6 Å². The van der Waals surface area contributed by atoms with Gasteiger partial charge in [0.05, 0.1) is 17.1 Å². The molecule has 0 radical (unpaired) electrons. The molecule has 0 atom stereocenters. The molecule has 7 nitrogen and oxygen atoms in total. The fraction of sp³-hybridized carbons (Fsp3) is 0. The topological polar surface area (TPSA) is 131 Å². The Hall–Kier alpha value is -2.10. The molecule has 0 aromatic heterocycles. The minimum absolute atomic E-state index is 0.0737. The molecule has 0 saturated heterocycles. The molecule has 2 aromatic rings. The lowest BCUT2D eigenvalue weighted by atomic mass is 10.3. The molecule has 2 aromatic carbocycles. The van der Waals surface area contributed by atoms with Gasteiger partial charge in [0, 0.05) is 4.90 Å². The van der Waals surface area contributed by atoms with E-state index in [9.17, 15) is 8.42 Å². The third kappa shape index (κ3) is 3.72. The van der Waals surface area contributed by atoms with Crippen LogP contribution in [0, 0.1) is 0 Å². The minimum Gasteiger partial charge on any atom is -0.398 e. The second kappa shape index (κ2) is 5.72. The van der Waals surface area contributed by atoms with Crippen molar-refractivity contribution in [2.75, 3.05) is 11.5 Å². The number of nitrogens with zero attached hydrogens (tertiary/aromatic N) is 2. The van der Waals surface area contributed by atoms with E-state index in [0.717, 1.165) is 6.07 Å². The van der Waals surface area contributed by atoms with E-state index in [1.165, 1.54) is 12.1 Å². The van der Waals surface area contributed by atoms with Gasteiger partial charge < -0.3 is 11.5 Å². The van der Waals surface area contributed by atoms with Gasteiger partial charge in [-0.1, -0.05) is 0 Å². The SMILES string of the molecule is Nc1cc(S)ccc1N=Nc1ccc(N)c(S(=O)(=O)O)c1. The highest BCUT2D eigenvalue weighted by Gasteiger charge is 2.14. The Kier molecular flexibility index (Phi) is 4.16. The van der Waals surface area contributed by atoms with E-state index in [4.69, 9.17) is 16.0 Å². The molecule has 0 heterocycles. The van der Waals surface area contributed by atoms with Crippen molar-refractivity contribution in [3.8, 4) is 0 Å². The first-order valence-corrected chi connectivity index (χ1v) is 7.53. The van der Waals surface area contributed by atoms with Gasteiger partial charge in [-0.2, -0.15) is 13.5 Å². The van der Waals surface area contributed by atoms with Gasteiger partial charge in [-0.3, -0.25) is 4.55 Å². The number of nitrogens with two attached hydrogens (primary N) is 2. The van der Waals surface area contributed by atoms with E-state index in [1.54, 1.807) is 18.2 Å². The van der Waals surface area contributed by atoms with Crippen LogP contribution in [-0.4, -0.2) is 13.0 Å². The van der Waals surface area contributed by atoms with E-state index in [-0.39, 0.29) is 11.4 Å². The lowest BCUT2D eigenvalue weighted by Gasteiger charge is -2.03. The highest BCUT2D eigenvalue weighted by molar-refractivity contribution is 7.86. The van der Waals surface area contributed by atoms with Gasteiger partial charge in [-0.25, -0.2) is 0 Å². The number of hydrogen-bond donors (Lipinski definition) is 4. The van der Waals surface area contributed by atoms with E-state index in [1.807, 2.05) is 0 Å². The number of hydrogen-bond acceptors (Lipinski definition) is 7. The Bertz CT molecular complexity index is 819. The average molecular weight is 324 g/mol. The zero-order valence-electron chi connectivity index (χ0n) is 10.6. The van der Waals surface area contributed by atoms with Crippen LogP contribution in [0.3, 0.4) is 0 Å². The number of benzene rings is 2. The maximum Gasteiger partial charge on any atom is 0.296 e. The Morgan fingerprint density at radius 1 is 1.00 bits per heavy atom. The Morgan fingerprint density at radius 3 is 2.33 bits per heavy atom. The summed E-state index contributed by atoms with van der Waals surface area (Å²) in [5.41, 5.74) is 12.2. The predicted molar refractivity (Wildman–Crippen MR) is 83.0 cm³/mol. The van der Waals surface area contributed by atoms with Crippen LogP contribution in [0.2, 0.25) is 0 Å². The fourth-order valence-electron chi connectivity index (χ4n) is 1.55. The Morgan fingerprint density at radius 2 is 1.71 bits per heavy atom. The Balaban J connectivity index is 2.38. The average Bonchev–Trinajstić information content (AvgIpc) is 2.38. The zero-order valence-corrected chi connectivity index (χ0v) is 12.3. The number of thiol groups is 1. The van der Waals surface area contributed by atoms with Gasteiger partial charge in [-0.05, 0) is 36.4 Å². The Labute approximate surface area is 126 Å². The number of rotatable bonds is 3. The summed E-state index contributed by atoms with van der Waals surface area (Å²) in [4.78, 5) is 0.269. The highest BCUT2D eigenvalue weighted by Crippen LogP contribution is 2.29. The summed E-state index contributed by atoms with van der Waals surface area (Å²) >= 11 is 4.14. The maximum atomic E-state index is 11.1. The first-order valence-electron chi connectivity index (χ1n) is 5.64. The van der Waals surface area contributed by atoms with Crippen molar-refractivity contribution in [2.24, 2.45) is 10.2 Å². The summed E-state index contributed by atoms with van der Waals surface area (Å²) in [6.07, 6.45) is 0. The van der Waals surface area contributed by atoms with Gasteiger partial charge in [0.2, 0.25) is 0 Å². The van der Waals surface area contributed by atoms with Gasteiger partial charge in [-0.15, -0.1) is 17.7 Å². The molecular weight excluding hydrogens is 312 g/mol. The van der Waals surface area contributed by atoms with Crippen LogP contribution < -0.4 is 11.5 Å². The summed E-state index contributed by atoms with van der Waals surface area (Å²) in [6.45, 7) is 0. The molecule has 2 rings (SSSR count). The second-order valence-electron chi connectivity index (χ2n) is 4.14. The maximum absolute atomic E-state index is 11.1. The molecule has 0 aliphatic rings. The molecule has 9 heteroatoms. The molecule has 110 valence electrons. The normalized spacial score (nSPS) is 11.9. The quantitative estimate of drug-likeness (QED) is 0.298. The summed E-state index contributed by atoms with van der Waals surface area (Å²) in [7, 11) is -4.41. The highest BCUT2D eigenvalue weighted by atomic mass is 32.2. The predicted octanol–water partition coefficient (Wildman–Crippen LogP) is 2.80. The van der Waals surface area contributed by atoms with Crippen LogP contribution in [-0.2, 0) is 10.1 Å². The molecule has 0 saturated carbocycles. The fourth-order valence-corrected chi connectivity index (χ4v) is 2.40. The standard InChI is InChI=1S/C12H12N4O3S2/c13-9-3-1-7(5-12(9)21(17,18)19)15-16-11-4-2-8(20)6-10(11)14/h1-6,20H,13-14H2,(H,17,18,19). The molecule has 0 spiro atoms. The second-order valence-corrected chi connectivity index (χ2v) is 6.05. The van der Waals surface area contributed by atoms with E-state index in [2.05, 4.69) is 22.9 Å². The van der Waals surface area contributed by atoms with Crippen molar-refractivity contribution in [1.29, 1.82) is 0 Å². The lowest BCUT2D eigenvalue weighted by Crippen LogP contribution is -2.02. The minimum atomic E-state index is -4.41. The number of azo groups is 1. The van der Waals surface area contributed by atoms with Crippen molar-refractivity contribution in [2.45, 2.75) is 9.79 Å². The summed E-state index contributed by atoms with van der Waals surface area (Å²) in [5, 5.41) is 7.79. The number of nitrogen functional groups attached to an aromatic ring is 2. The van der Waals surface area contributed by atoms with Crippen LogP contribution >= 0.6 is 12.6 Å². The first kappa shape index (κ1) is 15.3. The molecule has 0 aliphatic heterocycles. The molecule has 0 aliphatic carbocycles. The first-order chi connectivity index (χ1) is 9.77. The molecule has 0 unspecified atom stereocenters. The van der Waals surface area contributed by atoms with Crippen LogP contribution in [0.25, 0.3) is 0 Å². The van der Waals surface area contributed by atoms with E-state index < -0.39 is 15.0 Å².